The van der Waals surface area contributed by atoms with Crippen LogP contribution >= 0.6 is 0 Å². The van der Waals surface area contributed by atoms with Gasteiger partial charge >= 0.3 is 0 Å². The Hall–Kier alpha value is -2.54. The van der Waals surface area contributed by atoms with E-state index in [4.69, 9.17) is 14.7 Å². The van der Waals surface area contributed by atoms with Crippen LogP contribution in [-0.2, 0) is 6.61 Å². The number of hydrogen-bond acceptors (Lipinski definition) is 3. The van der Waals surface area contributed by atoms with Gasteiger partial charge in [0.25, 0.3) is 0 Å². The third kappa shape index (κ3) is 3.23. The van der Waals surface area contributed by atoms with Crippen molar-refractivity contribution in [1.82, 2.24) is 0 Å². The fourth-order valence-corrected chi connectivity index (χ4v) is 1.64. The Balaban J connectivity index is 2.13. The molecule has 0 radical (unpaired) electrons. The highest BCUT2D eigenvalue weighted by Crippen LogP contribution is 2.28. The van der Waals surface area contributed by atoms with E-state index in [2.05, 4.69) is 0 Å². The van der Waals surface area contributed by atoms with Crippen LogP contribution in [0, 0.1) is 17.1 Å². The third-order valence-electron chi connectivity index (χ3n) is 2.58. The van der Waals surface area contributed by atoms with Gasteiger partial charge in [0.05, 0.1) is 18.7 Å². The molecule has 0 aliphatic rings. The summed E-state index contributed by atoms with van der Waals surface area (Å²) < 4.78 is 23.7. The van der Waals surface area contributed by atoms with Crippen LogP contribution in [0.3, 0.4) is 0 Å². The molecule has 96 valence electrons. The monoisotopic (exact) mass is 257 g/mol. The fraction of sp³-hybridized carbons (Fsp3) is 0.133. The summed E-state index contributed by atoms with van der Waals surface area (Å²) in [6, 6.07) is 13.1. The van der Waals surface area contributed by atoms with E-state index in [9.17, 15) is 4.39 Å². The van der Waals surface area contributed by atoms with Gasteiger partial charge in [0, 0.05) is 6.07 Å². The zero-order valence-electron chi connectivity index (χ0n) is 10.4. The number of benzene rings is 2. The highest BCUT2D eigenvalue weighted by molar-refractivity contribution is 5.46. The molecule has 3 nitrogen and oxygen atoms in total. The van der Waals surface area contributed by atoms with E-state index in [1.165, 1.54) is 19.2 Å². The van der Waals surface area contributed by atoms with Gasteiger partial charge in [0.15, 0.2) is 11.5 Å². The fourth-order valence-electron chi connectivity index (χ4n) is 1.64. The van der Waals surface area contributed by atoms with Crippen LogP contribution in [-0.4, -0.2) is 7.11 Å². The van der Waals surface area contributed by atoms with E-state index in [0.717, 1.165) is 5.56 Å². The number of hydrogen-bond donors (Lipinski definition) is 0. The highest BCUT2D eigenvalue weighted by Gasteiger charge is 2.06. The summed E-state index contributed by atoms with van der Waals surface area (Å²) in [6.45, 7) is 0.236. The molecule has 0 N–H and O–H groups in total. The summed E-state index contributed by atoms with van der Waals surface area (Å²) in [5.41, 5.74) is 1.22. The van der Waals surface area contributed by atoms with Crippen LogP contribution in [0.1, 0.15) is 11.1 Å². The Morgan fingerprint density at radius 3 is 2.68 bits per heavy atom. The van der Waals surface area contributed by atoms with Crippen molar-refractivity contribution in [1.29, 1.82) is 5.26 Å². The number of halogens is 1. The maximum absolute atomic E-state index is 13.0. The minimum absolute atomic E-state index is 0.236. The molecule has 0 aliphatic carbocycles. The quantitative estimate of drug-likeness (QED) is 0.844. The number of nitriles is 1. The topological polar surface area (TPSA) is 42.2 Å². The van der Waals surface area contributed by atoms with Crippen LogP contribution in [0.2, 0.25) is 0 Å². The maximum Gasteiger partial charge on any atom is 0.162 e. The number of nitrogens with zero attached hydrogens (tertiary/aromatic N) is 1. The van der Waals surface area contributed by atoms with Crippen molar-refractivity contribution in [3.8, 4) is 17.6 Å². The van der Waals surface area contributed by atoms with Gasteiger partial charge < -0.3 is 9.47 Å². The Labute approximate surface area is 110 Å². The van der Waals surface area contributed by atoms with E-state index in [1.54, 1.807) is 30.3 Å². The highest BCUT2D eigenvalue weighted by atomic mass is 19.1. The molecule has 2 rings (SSSR count). The molecule has 4 heteroatoms. The molecule has 0 bridgehead atoms. The van der Waals surface area contributed by atoms with Gasteiger partial charge in [-0.25, -0.2) is 4.39 Å². The first kappa shape index (κ1) is 12.9. The van der Waals surface area contributed by atoms with Crippen molar-refractivity contribution >= 4 is 0 Å². The van der Waals surface area contributed by atoms with E-state index in [1.807, 2.05) is 6.07 Å². The van der Waals surface area contributed by atoms with Crippen molar-refractivity contribution < 1.29 is 13.9 Å². The summed E-state index contributed by atoms with van der Waals surface area (Å²) in [5, 5.41) is 8.80. The second-order valence-corrected chi connectivity index (χ2v) is 3.90. The molecular weight excluding hydrogens is 245 g/mol. The molecule has 0 aliphatic heterocycles. The molecule has 0 spiro atoms. The average molecular weight is 257 g/mol. The normalized spacial score (nSPS) is 9.74. The third-order valence-corrected chi connectivity index (χ3v) is 2.58. The average Bonchev–Trinajstić information content (AvgIpc) is 2.45. The van der Waals surface area contributed by atoms with E-state index >= 15 is 0 Å². The van der Waals surface area contributed by atoms with E-state index in [-0.39, 0.29) is 12.4 Å². The Morgan fingerprint density at radius 1 is 1.16 bits per heavy atom. The van der Waals surface area contributed by atoms with Crippen LogP contribution in [0.4, 0.5) is 4.39 Å². The zero-order chi connectivity index (χ0) is 13.7. The predicted molar refractivity (Wildman–Crippen MR) is 68.4 cm³/mol. The van der Waals surface area contributed by atoms with Crippen molar-refractivity contribution in [2.75, 3.05) is 7.11 Å². The minimum atomic E-state index is -0.298. The van der Waals surface area contributed by atoms with Gasteiger partial charge in [-0.2, -0.15) is 5.26 Å². The van der Waals surface area contributed by atoms with Gasteiger partial charge in [-0.3, -0.25) is 0 Å². The van der Waals surface area contributed by atoms with Gasteiger partial charge in [-0.15, -0.1) is 0 Å². The van der Waals surface area contributed by atoms with Crippen molar-refractivity contribution in [3.05, 3.63) is 59.4 Å². The van der Waals surface area contributed by atoms with Crippen molar-refractivity contribution in [2.24, 2.45) is 0 Å². The molecule has 0 fully saturated rings. The smallest absolute Gasteiger partial charge is 0.162 e. The van der Waals surface area contributed by atoms with E-state index < -0.39 is 0 Å². The lowest BCUT2D eigenvalue weighted by Crippen LogP contribution is -1.98. The molecule has 2 aromatic carbocycles. The Kier molecular flexibility index (Phi) is 3.99. The van der Waals surface area contributed by atoms with E-state index in [0.29, 0.717) is 17.1 Å². The van der Waals surface area contributed by atoms with Gasteiger partial charge in [-0.05, 0) is 29.8 Å². The lowest BCUT2D eigenvalue weighted by Gasteiger charge is -2.10. The second kappa shape index (κ2) is 5.87. The number of ether oxygens (including phenoxy) is 2. The summed E-state index contributed by atoms with van der Waals surface area (Å²) in [4.78, 5) is 0. The molecule has 0 amide bonds. The van der Waals surface area contributed by atoms with Crippen molar-refractivity contribution in [3.63, 3.8) is 0 Å². The SMILES string of the molecule is COc1cc(C#N)ccc1OCc1cccc(F)c1. The molecule has 0 heterocycles. The molecule has 2 aromatic rings. The van der Waals surface area contributed by atoms with Gasteiger partial charge in [0.2, 0.25) is 0 Å². The van der Waals surface area contributed by atoms with Crippen LogP contribution in [0.15, 0.2) is 42.5 Å². The first-order valence-electron chi connectivity index (χ1n) is 5.68. The standard InChI is InChI=1S/C15H12FNO2/c1-18-15-8-11(9-17)5-6-14(15)19-10-12-3-2-4-13(16)7-12/h2-8H,10H2,1H3. The largest absolute Gasteiger partial charge is 0.493 e. The van der Waals surface area contributed by atoms with Crippen LogP contribution in [0.25, 0.3) is 0 Å². The summed E-state index contributed by atoms with van der Waals surface area (Å²) in [6.07, 6.45) is 0. The molecular formula is C15H12FNO2. The second-order valence-electron chi connectivity index (χ2n) is 3.90. The van der Waals surface area contributed by atoms with Crippen LogP contribution < -0.4 is 9.47 Å². The first-order chi connectivity index (χ1) is 9.22. The molecule has 0 saturated carbocycles. The molecule has 0 saturated heterocycles. The summed E-state index contributed by atoms with van der Waals surface area (Å²) >= 11 is 0. The Morgan fingerprint density at radius 2 is 2.00 bits per heavy atom. The number of rotatable bonds is 4. The zero-order valence-corrected chi connectivity index (χ0v) is 10.4. The predicted octanol–water partition coefficient (Wildman–Crippen LogP) is 3.28. The maximum atomic E-state index is 13.0. The lowest BCUT2D eigenvalue weighted by molar-refractivity contribution is 0.284. The molecule has 0 unspecified atom stereocenters. The Bertz CT molecular complexity index is 620. The number of methoxy groups -OCH3 is 1. The van der Waals surface area contributed by atoms with Gasteiger partial charge in [0.1, 0.15) is 12.4 Å². The van der Waals surface area contributed by atoms with Crippen molar-refractivity contribution in [2.45, 2.75) is 6.61 Å². The summed E-state index contributed by atoms with van der Waals surface area (Å²) in [5.74, 6) is 0.703. The first-order valence-corrected chi connectivity index (χ1v) is 5.68. The molecule has 19 heavy (non-hydrogen) atoms. The van der Waals surface area contributed by atoms with Gasteiger partial charge in [-0.1, -0.05) is 12.1 Å². The lowest BCUT2D eigenvalue weighted by atomic mass is 10.2. The minimum Gasteiger partial charge on any atom is -0.493 e. The molecule has 0 atom stereocenters. The summed E-state index contributed by atoms with van der Waals surface area (Å²) in [7, 11) is 1.51. The van der Waals surface area contributed by atoms with Crippen LogP contribution in [0.5, 0.6) is 11.5 Å². The molecule has 0 aromatic heterocycles.